The Balaban J connectivity index is 1.95. The summed E-state index contributed by atoms with van der Waals surface area (Å²) in [6, 6.07) is 6.09. The van der Waals surface area contributed by atoms with E-state index >= 15 is 0 Å². The SMILES string of the molecule is CCCNCc1cc(OCc2csc(C)n2)ccc1Br. The summed E-state index contributed by atoms with van der Waals surface area (Å²) < 4.78 is 6.91. The number of thiazole rings is 1. The van der Waals surface area contributed by atoms with Crippen LogP contribution in [0.15, 0.2) is 28.1 Å². The Morgan fingerprint density at radius 1 is 1.40 bits per heavy atom. The van der Waals surface area contributed by atoms with Gasteiger partial charge in [-0.15, -0.1) is 11.3 Å². The molecule has 0 aliphatic rings. The van der Waals surface area contributed by atoms with E-state index in [9.17, 15) is 0 Å². The molecule has 20 heavy (non-hydrogen) atoms. The number of aromatic nitrogens is 1. The fourth-order valence-electron chi connectivity index (χ4n) is 1.81. The first-order chi connectivity index (χ1) is 9.69. The number of benzene rings is 1. The molecule has 2 aromatic rings. The van der Waals surface area contributed by atoms with Crippen molar-refractivity contribution in [3.8, 4) is 5.75 Å². The van der Waals surface area contributed by atoms with Gasteiger partial charge in [0.15, 0.2) is 0 Å². The molecule has 1 aromatic heterocycles. The predicted octanol–water partition coefficient (Wildman–Crippen LogP) is 4.29. The maximum atomic E-state index is 5.80. The van der Waals surface area contributed by atoms with Crippen LogP contribution in [0.4, 0.5) is 0 Å². The second kappa shape index (κ2) is 7.76. The van der Waals surface area contributed by atoms with Crippen LogP contribution in [-0.2, 0) is 13.2 Å². The van der Waals surface area contributed by atoms with Gasteiger partial charge in [0.25, 0.3) is 0 Å². The van der Waals surface area contributed by atoms with E-state index in [0.717, 1.165) is 40.4 Å². The molecule has 0 saturated heterocycles. The summed E-state index contributed by atoms with van der Waals surface area (Å²) in [5, 5.41) is 6.51. The Bertz CT molecular complexity index is 557. The molecule has 1 N–H and O–H groups in total. The van der Waals surface area contributed by atoms with Crippen molar-refractivity contribution in [2.24, 2.45) is 0 Å². The predicted molar refractivity (Wildman–Crippen MR) is 87.3 cm³/mol. The molecule has 0 spiro atoms. The molecule has 0 bridgehead atoms. The van der Waals surface area contributed by atoms with Crippen molar-refractivity contribution in [2.75, 3.05) is 6.54 Å². The lowest BCUT2D eigenvalue weighted by molar-refractivity contribution is 0.301. The van der Waals surface area contributed by atoms with E-state index in [1.165, 1.54) is 5.56 Å². The number of rotatable bonds is 7. The van der Waals surface area contributed by atoms with Gasteiger partial charge in [-0.25, -0.2) is 4.98 Å². The summed E-state index contributed by atoms with van der Waals surface area (Å²) in [5.41, 5.74) is 2.20. The molecule has 0 radical (unpaired) electrons. The Morgan fingerprint density at radius 3 is 2.95 bits per heavy atom. The first-order valence-electron chi connectivity index (χ1n) is 6.72. The highest BCUT2D eigenvalue weighted by molar-refractivity contribution is 9.10. The van der Waals surface area contributed by atoms with Crippen molar-refractivity contribution >= 4 is 27.3 Å². The number of ether oxygens (including phenoxy) is 1. The second-order valence-electron chi connectivity index (χ2n) is 4.58. The van der Waals surface area contributed by atoms with Gasteiger partial charge in [0.05, 0.1) is 10.7 Å². The average molecular weight is 355 g/mol. The molecule has 1 aromatic carbocycles. The lowest BCUT2D eigenvalue weighted by atomic mass is 10.2. The molecule has 0 atom stereocenters. The van der Waals surface area contributed by atoms with Crippen LogP contribution in [0.2, 0.25) is 0 Å². The van der Waals surface area contributed by atoms with Gasteiger partial charge in [-0.2, -0.15) is 0 Å². The largest absolute Gasteiger partial charge is 0.487 e. The maximum absolute atomic E-state index is 5.80. The van der Waals surface area contributed by atoms with E-state index in [1.54, 1.807) is 11.3 Å². The van der Waals surface area contributed by atoms with E-state index in [1.807, 2.05) is 24.4 Å². The van der Waals surface area contributed by atoms with Crippen molar-refractivity contribution in [2.45, 2.75) is 33.4 Å². The van der Waals surface area contributed by atoms with E-state index in [2.05, 4.69) is 39.2 Å². The third-order valence-electron chi connectivity index (χ3n) is 2.81. The second-order valence-corrected chi connectivity index (χ2v) is 6.49. The van der Waals surface area contributed by atoms with Gasteiger partial charge in [0.2, 0.25) is 0 Å². The molecule has 3 nitrogen and oxygen atoms in total. The zero-order valence-electron chi connectivity index (χ0n) is 11.8. The van der Waals surface area contributed by atoms with Crippen LogP contribution in [0.5, 0.6) is 5.75 Å². The minimum atomic E-state index is 0.522. The molecular formula is C15H19BrN2OS. The summed E-state index contributed by atoms with van der Waals surface area (Å²) in [5.74, 6) is 0.882. The minimum Gasteiger partial charge on any atom is -0.487 e. The summed E-state index contributed by atoms with van der Waals surface area (Å²) in [4.78, 5) is 4.40. The Morgan fingerprint density at radius 2 is 2.25 bits per heavy atom. The van der Waals surface area contributed by atoms with Crippen molar-refractivity contribution in [1.29, 1.82) is 0 Å². The molecule has 0 saturated carbocycles. The Labute approximate surface area is 132 Å². The summed E-state index contributed by atoms with van der Waals surface area (Å²) in [7, 11) is 0. The standard InChI is InChI=1S/C15H19BrN2OS/c1-3-6-17-8-12-7-14(4-5-15(12)16)19-9-13-10-20-11(2)18-13/h4-5,7,10,17H,3,6,8-9H2,1-2H3. The van der Waals surface area contributed by atoms with Gasteiger partial charge >= 0.3 is 0 Å². The highest BCUT2D eigenvalue weighted by Gasteiger charge is 2.04. The van der Waals surface area contributed by atoms with Gasteiger partial charge in [0.1, 0.15) is 12.4 Å². The summed E-state index contributed by atoms with van der Waals surface area (Å²) in [6.07, 6.45) is 1.14. The van der Waals surface area contributed by atoms with E-state index in [4.69, 9.17) is 4.74 Å². The van der Waals surface area contributed by atoms with Gasteiger partial charge < -0.3 is 10.1 Å². The van der Waals surface area contributed by atoms with Crippen LogP contribution in [0.25, 0.3) is 0 Å². The molecule has 108 valence electrons. The van der Waals surface area contributed by atoms with Crippen LogP contribution in [0.1, 0.15) is 29.6 Å². The highest BCUT2D eigenvalue weighted by Crippen LogP contribution is 2.23. The lowest BCUT2D eigenvalue weighted by Gasteiger charge is -2.10. The molecule has 0 fully saturated rings. The van der Waals surface area contributed by atoms with Crippen molar-refractivity contribution in [1.82, 2.24) is 10.3 Å². The Kier molecular flexibility index (Phi) is 6.01. The maximum Gasteiger partial charge on any atom is 0.131 e. The van der Waals surface area contributed by atoms with Gasteiger partial charge in [-0.3, -0.25) is 0 Å². The first kappa shape index (κ1) is 15.5. The van der Waals surface area contributed by atoms with Gasteiger partial charge in [-0.1, -0.05) is 22.9 Å². The van der Waals surface area contributed by atoms with Crippen LogP contribution in [-0.4, -0.2) is 11.5 Å². The van der Waals surface area contributed by atoms with Crippen LogP contribution >= 0.6 is 27.3 Å². The quantitative estimate of drug-likeness (QED) is 0.753. The van der Waals surface area contributed by atoms with Gasteiger partial charge in [-0.05, 0) is 43.7 Å². The topological polar surface area (TPSA) is 34.1 Å². The zero-order valence-corrected chi connectivity index (χ0v) is 14.2. The lowest BCUT2D eigenvalue weighted by Crippen LogP contribution is -2.14. The summed E-state index contributed by atoms with van der Waals surface area (Å²) >= 11 is 5.23. The van der Waals surface area contributed by atoms with E-state index < -0.39 is 0 Å². The highest BCUT2D eigenvalue weighted by atomic mass is 79.9. The normalized spacial score (nSPS) is 10.8. The number of nitrogens with zero attached hydrogens (tertiary/aromatic N) is 1. The fraction of sp³-hybridized carbons (Fsp3) is 0.400. The van der Waals surface area contributed by atoms with Crippen molar-refractivity contribution in [3.63, 3.8) is 0 Å². The fourth-order valence-corrected chi connectivity index (χ4v) is 2.79. The molecule has 0 amide bonds. The molecule has 0 aliphatic carbocycles. The molecule has 0 unspecified atom stereocenters. The number of halogens is 1. The zero-order chi connectivity index (χ0) is 14.4. The Hall–Kier alpha value is -0.910. The molecule has 1 heterocycles. The minimum absolute atomic E-state index is 0.522. The number of aryl methyl sites for hydroxylation is 1. The number of hydrogen-bond acceptors (Lipinski definition) is 4. The van der Waals surface area contributed by atoms with Crippen molar-refractivity contribution in [3.05, 3.63) is 44.3 Å². The molecule has 5 heteroatoms. The van der Waals surface area contributed by atoms with Crippen LogP contribution < -0.4 is 10.1 Å². The summed E-state index contributed by atoms with van der Waals surface area (Å²) in [6.45, 7) is 6.56. The van der Waals surface area contributed by atoms with Crippen LogP contribution in [0, 0.1) is 6.92 Å². The van der Waals surface area contributed by atoms with E-state index in [0.29, 0.717) is 6.61 Å². The monoisotopic (exact) mass is 354 g/mol. The van der Waals surface area contributed by atoms with Crippen LogP contribution in [0.3, 0.4) is 0 Å². The van der Waals surface area contributed by atoms with Gasteiger partial charge in [0, 0.05) is 16.4 Å². The number of nitrogens with one attached hydrogen (secondary N) is 1. The first-order valence-corrected chi connectivity index (χ1v) is 8.39. The molecule has 0 aliphatic heterocycles. The smallest absolute Gasteiger partial charge is 0.131 e. The third kappa shape index (κ3) is 4.58. The van der Waals surface area contributed by atoms with E-state index in [-0.39, 0.29) is 0 Å². The molecule has 2 rings (SSSR count). The number of hydrogen-bond donors (Lipinski definition) is 1. The average Bonchev–Trinajstić information content (AvgIpc) is 2.85. The van der Waals surface area contributed by atoms with Crippen molar-refractivity contribution < 1.29 is 4.74 Å². The third-order valence-corrected chi connectivity index (χ3v) is 4.41. The molecular weight excluding hydrogens is 336 g/mol.